The summed E-state index contributed by atoms with van der Waals surface area (Å²) in [5, 5.41) is 0. The molecule has 0 bridgehead atoms. The second-order valence-corrected chi connectivity index (χ2v) is 5.52. The van der Waals surface area contributed by atoms with Crippen LogP contribution in [-0.2, 0) is 14.8 Å². The number of carbonyl (C=O) groups excluding carboxylic acids is 1. The molecule has 0 aliphatic heterocycles. The SMILES string of the molecule is COC(=O)c1ccc(S(=O)(=O)N=C(N)N)s1. The summed E-state index contributed by atoms with van der Waals surface area (Å²) >= 11 is 0.734. The fourth-order valence-corrected chi connectivity index (χ4v) is 2.92. The van der Waals surface area contributed by atoms with E-state index in [-0.39, 0.29) is 9.09 Å². The molecular weight excluding hydrogens is 254 g/mol. The number of nitrogens with zero attached hydrogens (tertiary/aromatic N) is 1. The lowest BCUT2D eigenvalue weighted by atomic mass is 10.5. The molecule has 0 aliphatic rings. The first-order valence-corrected chi connectivity index (χ1v) is 6.16. The molecule has 0 aromatic carbocycles. The average molecular weight is 263 g/mol. The molecule has 7 nitrogen and oxygen atoms in total. The van der Waals surface area contributed by atoms with Gasteiger partial charge >= 0.3 is 5.97 Å². The van der Waals surface area contributed by atoms with Crippen LogP contribution in [0.2, 0.25) is 0 Å². The molecular formula is C7H9N3O4S2. The fourth-order valence-electron chi connectivity index (χ4n) is 0.853. The van der Waals surface area contributed by atoms with E-state index in [4.69, 9.17) is 11.5 Å². The standard InChI is InChI=1S/C7H9N3O4S2/c1-14-6(11)4-2-3-5(15-4)16(12,13)10-7(8)9/h2-3H,1H3,(H4,8,9,10). The Bertz CT molecular complexity index is 528. The number of ether oxygens (including phenoxy) is 1. The Labute approximate surface area is 95.8 Å². The van der Waals surface area contributed by atoms with Gasteiger partial charge in [-0.2, -0.15) is 8.42 Å². The lowest BCUT2D eigenvalue weighted by Crippen LogP contribution is -2.24. The molecule has 1 aromatic heterocycles. The van der Waals surface area contributed by atoms with Gasteiger partial charge in [-0.15, -0.1) is 15.7 Å². The van der Waals surface area contributed by atoms with Gasteiger partial charge < -0.3 is 16.2 Å². The number of methoxy groups -OCH3 is 1. The van der Waals surface area contributed by atoms with Crippen molar-refractivity contribution in [2.24, 2.45) is 15.9 Å². The number of carbonyl (C=O) groups is 1. The molecule has 0 spiro atoms. The third-order valence-corrected chi connectivity index (χ3v) is 4.29. The molecule has 0 saturated carbocycles. The lowest BCUT2D eigenvalue weighted by molar-refractivity contribution is 0.0606. The van der Waals surface area contributed by atoms with Crippen molar-refractivity contribution in [2.75, 3.05) is 7.11 Å². The molecule has 4 N–H and O–H groups in total. The minimum absolute atomic E-state index is 0.124. The summed E-state index contributed by atoms with van der Waals surface area (Å²) in [4.78, 5) is 11.2. The van der Waals surface area contributed by atoms with Crippen LogP contribution < -0.4 is 11.5 Å². The van der Waals surface area contributed by atoms with Gasteiger partial charge in [0.1, 0.15) is 9.09 Å². The van der Waals surface area contributed by atoms with Gasteiger partial charge in [-0.1, -0.05) is 0 Å². The molecule has 0 fully saturated rings. The summed E-state index contributed by atoms with van der Waals surface area (Å²) in [5.41, 5.74) is 9.94. The van der Waals surface area contributed by atoms with Crippen molar-refractivity contribution in [2.45, 2.75) is 4.21 Å². The van der Waals surface area contributed by atoms with Crippen LogP contribution >= 0.6 is 11.3 Å². The number of esters is 1. The van der Waals surface area contributed by atoms with Crippen molar-refractivity contribution in [1.29, 1.82) is 0 Å². The predicted molar refractivity (Wildman–Crippen MR) is 58.7 cm³/mol. The van der Waals surface area contributed by atoms with Crippen molar-refractivity contribution >= 4 is 33.3 Å². The molecule has 0 atom stereocenters. The maximum Gasteiger partial charge on any atom is 0.348 e. The van der Waals surface area contributed by atoms with Gasteiger partial charge in [0, 0.05) is 0 Å². The highest BCUT2D eigenvalue weighted by Crippen LogP contribution is 2.23. The summed E-state index contributed by atoms with van der Waals surface area (Å²) in [6, 6.07) is 2.56. The highest BCUT2D eigenvalue weighted by molar-refractivity contribution is 7.92. The maximum atomic E-state index is 11.5. The number of rotatable bonds is 3. The van der Waals surface area contributed by atoms with Crippen LogP contribution in [0, 0.1) is 0 Å². The van der Waals surface area contributed by atoms with Crippen LogP contribution in [0.1, 0.15) is 9.67 Å². The van der Waals surface area contributed by atoms with Gasteiger partial charge in [0.25, 0.3) is 10.0 Å². The Morgan fingerprint density at radius 2 is 2.06 bits per heavy atom. The lowest BCUT2D eigenvalue weighted by Gasteiger charge is -1.94. The highest BCUT2D eigenvalue weighted by atomic mass is 32.2. The summed E-state index contributed by atoms with van der Waals surface area (Å²) < 4.78 is 30.3. The Morgan fingerprint density at radius 3 is 2.56 bits per heavy atom. The molecule has 1 aromatic rings. The quantitative estimate of drug-likeness (QED) is 0.430. The van der Waals surface area contributed by atoms with Gasteiger partial charge in [-0.3, -0.25) is 0 Å². The molecule has 0 saturated heterocycles. The van der Waals surface area contributed by atoms with Crippen molar-refractivity contribution in [3.8, 4) is 0 Å². The Kier molecular flexibility index (Phi) is 3.50. The van der Waals surface area contributed by atoms with E-state index in [9.17, 15) is 13.2 Å². The van der Waals surface area contributed by atoms with Crippen LogP contribution in [0.15, 0.2) is 20.7 Å². The number of sulfonamides is 1. The number of hydrogen-bond acceptors (Lipinski definition) is 5. The zero-order valence-corrected chi connectivity index (χ0v) is 9.84. The van der Waals surface area contributed by atoms with Crippen LogP contribution in [0.25, 0.3) is 0 Å². The Morgan fingerprint density at radius 1 is 1.44 bits per heavy atom. The van der Waals surface area contributed by atoms with E-state index in [0.717, 1.165) is 11.3 Å². The first kappa shape index (κ1) is 12.5. The van der Waals surface area contributed by atoms with Gasteiger partial charge in [0.05, 0.1) is 7.11 Å². The Balaban J connectivity index is 3.13. The van der Waals surface area contributed by atoms with E-state index in [2.05, 4.69) is 9.13 Å². The second kappa shape index (κ2) is 4.49. The van der Waals surface area contributed by atoms with Gasteiger partial charge in [0.15, 0.2) is 0 Å². The molecule has 1 heterocycles. The number of hydrogen-bond donors (Lipinski definition) is 2. The maximum absolute atomic E-state index is 11.5. The monoisotopic (exact) mass is 263 g/mol. The smallest absolute Gasteiger partial charge is 0.348 e. The van der Waals surface area contributed by atoms with Gasteiger partial charge in [-0.25, -0.2) is 4.79 Å². The second-order valence-electron chi connectivity index (χ2n) is 2.60. The first-order valence-electron chi connectivity index (χ1n) is 3.91. The predicted octanol–water partition coefficient (Wildman–Crippen LogP) is -0.503. The summed E-state index contributed by atoms with van der Waals surface area (Å²) in [7, 11) is -2.73. The normalized spacial score (nSPS) is 10.8. The fraction of sp³-hybridized carbons (Fsp3) is 0.143. The number of guanidine groups is 1. The topological polar surface area (TPSA) is 125 Å². The molecule has 88 valence electrons. The molecule has 0 unspecified atom stereocenters. The van der Waals surface area contributed by atoms with Crippen molar-refractivity contribution in [3.05, 3.63) is 17.0 Å². The largest absolute Gasteiger partial charge is 0.465 e. The van der Waals surface area contributed by atoms with Crippen molar-refractivity contribution in [3.63, 3.8) is 0 Å². The van der Waals surface area contributed by atoms with Gasteiger partial charge in [0.2, 0.25) is 5.96 Å². The third kappa shape index (κ3) is 2.70. The van der Waals surface area contributed by atoms with E-state index < -0.39 is 22.0 Å². The van der Waals surface area contributed by atoms with Crippen LogP contribution in [0.5, 0.6) is 0 Å². The van der Waals surface area contributed by atoms with E-state index in [1.807, 2.05) is 0 Å². The van der Waals surface area contributed by atoms with Crippen molar-refractivity contribution in [1.82, 2.24) is 0 Å². The summed E-state index contributed by atoms with van der Waals surface area (Å²) in [5.74, 6) is -1.18. The minimum atomic E-state index is -3.93. The number of nitrogens with two attached hydrogens (primary N) is 2. The van der Waals surface area contributed by atoms with E-state index in [0.29, 0.717) is 0 Å². The van der Waals surface area contributed by atoms with Crippen LogP contribution in [-0.4, -0.2) is 27.5 Å². The minimum Gasteiger partial charge on any atom is -0.465 e. The Hall–Kier alpha value is -1.61. The zero-order chi connectivity index (χ0) is 12.3. The highest BCUT2D eigenvalue weighted by Gasteiger charge is 2.18. The molecule has 9 heteroatoms. The molecule has 0 aliphatic carbocycles. The van der Waals surface area contributed by atoms with E-state index in [1.165, 1.54) is 19.2 Å². The third-order valence-electron chi connectivity index (χ3n) is 1.45. The molecule has 0 amide bonds. The first-order chi connectivity index (χ1) is 7.36. The molecule has 1 rings (SSSR count). The van der Waals surface area contributed by atoms with Gasteiger partial charge in [-0.05, 0) is 12.1 Å². The molecule has 16 heavy (non-hydrogen) atoms. The van der Waals surface area contributed by atoms with Crippen molar-refractivity contribution < 1.29 is 17.9 Å². The van der Waals surface area contributed by atoms with E-state index >= 15 is 0 Å². The summed E-state index contributed by atoms with van der Waals surface area (Å²) in [6.07, 6.45) is 0. The van der Waals surface area contributed by atoms with E-state index in [1.54, 1.807) is 0 Å². The molecule has 0 radical (unpaired) electrons. The van der Waals surface area contributed by atoms with Crippen LogP contribution in [0.3, 0.4) is 0 Å². The number of thiophene rings is 1. The van der Waals surface area contributed by atoms with Crippen LogP contribution in [0.4, 0.5) is 0 Å². The zero-order valence-electron chi connectivity index (χ0n) is 8.21. The summed E-state index contributed by atoms with van der Waals surface area (Å²) in [6.45, 7) is 0. The average Bonchev–Trinajstić information content (AvgIpc) is 2.63.